The molecule has 1 fully saturated rings. The third-order valence-corrected chi connectivity index (χ3v) is 5.51. The molecule has 3 aromatic rings. The average Bonchev–Trinajstić information content (AvgIpc) is 2.85. The summed E-state index contributed by atoms with van der Waals surface area (Å²) in [6.07, 6.45) is 7.78. The maximum atomic E-state index is 13.4. The van der Waals surface area contributed by atoms with E-state index >= 15 is 0 Å². The number of hydrogen-bond donors (Lipinski definition) is 0. The number of furan rings is 1. The van der Waals surface area contributed by atoms with Crippen LogP contribution in [0.3, 0.4) is 0 Å². The number of hydrogen-bond acceptors (Lipinski definition) is 3. The highest BCUT2D eigenvalue weighted by Gasteiger charge is 2.31. The molecule has 1 saturated heterocycles. The van der Waals surface area contributed by atoms with Crippen molar-refractivity contribution >= 4 is 28.5 Å². The standard InChI is InChI=1S/C21H21ClN2O2/c1-14-16-6-5-7-17(22)20(16)26-19(14)21(25)24-13-4-2-3-8-18(24)15-9-11-23-12-10-15/h5-7,9-12,18H,2-4,8,13H2,1H3. The van der Waals surface area contributed by atoms with Crippen LogP contribution in [-0.2, 0) is 0 Å². The van der Waals surface area contributed by atoms with Crippen molar-refractivity contribution in [1.29, 1.82) is 0 Å². The molecule has 4 nitrogen and oxygen atoms in total. The second-order valence-corrected chi connectivity index (χ2v) is 7.22. The number of pyridine rings is 1. The molecule has 4 rings (SSSR count). The average molecular weight is 369 g/mol. The van der Waals surface area contributed by atoms with Crippen LogP contribution in [0.2, 0.25) is 5.02 Å². The van der Waals surface area contributed by atoms with E-state index in [-0.39, 0.29) is 11.9 Å². The van der Waals surface area contributed by atoms with Gasteiger partial charge in [0.25, 0.3) is 5.91 Å². The number of nitrogens with zero attached hydrogens (tertiary/aromatic N) is 2. The highest BCUT2D eigenvalue weighted by molar-refractivity contribution is 6.35. The minimum atomic E-state index is -0.0570. The minimum Gasteiger partial charge on any atom is -0.449 e. The highest BCUT2D eigenvalue weighted by atomic mass is 35.5. The van der Waals surface area contributed by atoms with Crippen LogP contribution in [0.1, 0.15) is 53.4 Å². The molecule has 1 aliphatic rings. The molecular weight excluding hydrogens is 348 g/mol. The quantitative estimate of drug-likeness (QED) is 0.596. The summed E-state index contributed by atoms with van der Waals surface area (Å²) in [5.74, 6) is 0.340. The van der Waals surface area contributed by atoms with Gasteiger partial charge in [-0.05, 0) is 43.5 Å². The fourth-order valence-electron chi connectivity index (χ4n) is 3.83. The number of benzene rings is 1. The maximum absolute atomic E-state index is 13.4. The van der Waals surface area contributed by atoms with E-state index in [4.69, 9.17) is 16.0 Å². The molecule has 1 amide bonds. The van der Waals surface area contributed by atoms with Gasteiger partial charge in [-0.25, -0.2) is 0 Å². The number of aryl methyl sites for hydroxylation is 1. The fraction of sp³-hybridized carbons (Fsp3) is 0.333. The van der Waals surface area contributed by atoms with Gasteiger partial charge in [0.1, 0.15) is 0 Å². The van der Waals surface area contributed by atoms with Crippen molar-refractivity contribution < 1.29 is 9.21 Å². The van der Waals surface area contributed by atoms with Gasteiger partial charge in [-0.3, -0.25) is 9.78 Å². The zero-order valence-corrected chi connectivity index (χ0v) is 15.5. The number of rotatable bonds is 2. The predicted molar refractivity (Wildman–Crippen MR) is 102 cm³/mol. The number of halogens is 1. The molecular formula is C21H21ClN2O2. The second-order valence-electron chi connectivity index (χ2n) is 6.82. The first-order valence-corrected chi connectivity index (χ1v) is 9.43. The largest absolute Gasteiger partial charge is 0.449 e. The highest BCUT2D eigenvalue weighted by Crippen LogP contribution is 2.35. The van der Waals surface area contributed by atoms with Crippen LogP contribution >= 0.6 is 11.6 Å². The summed E-state index contributed by atoms with van der Waals surface area (Å²) in [5.41, 5.74) is 2.57. The molecule has 1 aliphatic heterocycles. The van der Waals surface area contributed by atoms with E-state index in [0.29, 0.717) is 16.4 Å². The monoisotopic (exact) mass is 368 g/mol. The van der Waals surface area contributed by atoms with Crippen molar-refractivity contribution in [1.82, 2.24) is 9.88 Å². The van der Waals surface area contributed by atoms with Gasteiger partial charge in [0, 0.05) is 29.9 Å². The molecule has 0 spiro atoms. The summed E-state index contributed by atoms with van der Waals surface area (Å²) in [5, 5.41) is 1.43. The molecule has 134 valence electrons. The van der Waals surface area contributed by atoms with Crippen molar-refractivity contribution in [3.63, 3.8) is 0 Å². The van der Waals surface area contributed by atoms with Crippen LogP contribution < -0.4 is 0 Å². The van der Waals surface area contributed by atoms with Gasteiger partial charge in [0.2, 0.25) is 0 Å². The van der Waals surface area contributed by atoms with E-state index in [1.54, 1.807) is 18.5 Å². The number of likely N-dealkylation sites (tertiary alicyclic amines) is 1. The lowest BCUT2D eigenvalue weighted by molar-refractivity contribution is 0.0649. The lowest BCUT2D eigenvalue weighted by atomic mass is 10.0. The van der Waals surface area contributed by atoms with E-state index in [1.807, 2.05) is 36.1 Å². The Kier molecular flexibility index (Phi) is 4.68. The van der Waals surface area contributed by atoms with Crippen LogP contribution in [0.4, 0.5) is 0 Å². The van der Waals surface area contributed by atoms with Gasteiger partial charge in [-0.1, -0.05) is 36.6 Å². The Morgan fingerprint density at radius 2 is 2.00 bits per heavy atom. The van der Waals surface area contributed by atoms with Crippen LogP contribution in [0.25, 0.3) is 11.0 Å². The lowest BCUT2D eigenvalue weighted by Gasteiger charge is -2.30. The van der Waals surface area contributed by atoms with Gasteiger partial charge in [-0.2, -0.15) is 0 Å². The molecule has 1 unspecified atom stereocenters. The Hall–Kier alpha value is -2.33. The van der Waals surface area contributed by atoms with E-state index in [1.165, 1.54) is 0 Å². The first kappa shape index (κ1) is 17.1. The molecule has 3 heterocycles. The lowest BCUT2D eigenvalue weighted by Crippen LogP contribution is -2.35. The van der Waals surface area contributed by atoms with Gasteiger partial charge >= 0.3 is 0 Å². The second kappa shape index (κ2) is 7.12. The van der Waals surface area contributed by atoms with Crippen LogP contribution in [0.15, 0.2) is 47.1 Å². The predicted octanol–water partition coefficient (Wildman–Crippen LogP) is 5.55. The third-order valence-electron chi connectivity index (χ3n) is 5.21. The Balaban J connectivity index is 1.75. The van der Waals surface area contributed by atoms with Gasteiger partial charge in [0.15, 0.2) is 11.3 Å². The Morgan fingerprint density at radius 3 is 2.77 bits per heavy atom. The smallest absolute Gasteiger partial charge is 0.290 e. The zero-order valence-electron chi connectivity index (χ0n) is 14.7. The van der Waals surface area contributed by atoms with Crippen LogP contribution in [0.5, 0.6) is 0 Å². The molecule has 0 bridgehead atoms. The topological polar surface area (TPSA) is 46.3 Å². The normalized spacial score (nSPS) is 18.1. The van der Waals surface area contributed by atoms with Gasteiger partial charge in [-0.15, -0.1) is 0 Å². The first-order valence-electron chi connectivity index (χ1n) is 9.05. The van der Waals surface area contributed by atoms with E-state index < -0.39 is 0 Å². The van der Waals surface area contributed by atoms with Crippen LogP contribution in [-0.4, -0.2) is 22.3 Å². The fourth-order valence-corrected chi connectivity index (χ4v) is 4.04. The van der Waals surface area contributed by atoms with Gasteiger partial charge < -0.3 is 9.32 Å². The molecule has 0 aliphatic carbocycles. The molecule has 0 radical (unpaired) electrons. The molecule has 26 heavy (non-hydrogen) atoms. The van der Waals surface area contributed by atoms with Gasteiger partial charge in [0.05, 0.1) is 11.1 Å². The van der Waals surface area contributed by atoms with Crippen molar-refractivity contribution in [2.24, 2.45) is 0 Å². The SMILES string of the molecule is Cc1c(C(=O)N2CCCCCC2c2ccncc2)oc2c(Cl)cccc12. The van der Waals surface area contributed by atoms with Crippen molar-refractivity contribution in [2.45, 2.75) is 38.6 Å². The number of carbonyl (C=O) groups excluding carboxylic acids is 1. The maximum Gasteiger partial charge on any atom is 0.290 e. The van der Waals surface area contributed by atoms with E-state index in [0.717, 1.165) is 48.7 Å². The van der Waals surface area contributed by atoms with Crippen molar-refractivity contribution in [3.05, 3.63) is 64.6 Å². The summed E-state index contributed by atoms with van der Waals surface area (Å²) in [4.78, 5) is 19.5. The Labute approximate surface area is 157 Å². The number of amides is 1. The first-order chi connectivity index (χ1) is 12.7. The zero-order chi connectivity index (χ0) is 18.1. The molecule has 5 heteroatoms. The molecule has 2 aromatic heterocycles. The summed E-state index contributed by atoms with van der Waals surface area (Å²) >= 11 is 6.26. The summed E-state index contributed by atoms with van der Waals surface area (Å²) in [6.45, 7) is 2.66. The Morgan fingerprint density at radius 1 is 1.19 bits per heavy atom. The van der Waals surface area contributed by atoms with Crippen molar-refractivity contribution in [2.75, 3.05) is 6.54 Å². The number of carbonyl (C=O) groups is 1. The number of aromatic nitrogens is 1. The number of para-hydroxylation sites is 1. The molecule has 1 atom stereocenters. The molecule has 0 N–H and O–H groups in total. The molecule has 1 aromatic carbocycles. The molecule has 0 saturated carbocycles. The summed E-state index contributed by atoms with van der Waals surface area (Å²) in [6, 6.07) is 9.66. The van der Waals surface area contributed by atoms with Crippen molar-refractivity contribution in [3.8, 4) is 0 Å². The Bertz CT molecular complexity index is 936. The number of fused-ring (bicyclic) bond motifs is 1. The third kappa shape index (κ3) is 2.99. The summed E-state index contributed by atoms with van der Waals surface area (Å²) < 4.78 is 5.93. The van der Waals surface area contributed by atoms with Crippen LogP contribution in [0, 0.1) is 6.92 Å². The summed E-state index contributed by atoms with van der Waals surface area (Å²) in [7, 11) is 0. The minimum absolute atomic E-state index is 0.0519. The van der Waals surface area contributed by atoms with E-state index in [9.17, 15) is 4.79 Å². The van der Waals surface area contributed by atoms with E-state index in [2.05, 4.69) is 4.98 Å².